The highest BCUT2D eigenvalue weighted by molar-refractivity contribution is 6.11. The van der Waals surface area contributed by atoms with Crippen molar-refractivity contribution in [1.82, 2.24) is 10.6 Å². The van der Waals surface area contributed by atoms with E-state index in [1.807, 2.05) is 6.92 Å². The Bertz CT molecular complexity index is 346. The van der Waals surface area contributed by atoms with E-state index in [2.05, 4.69) is 10.6 Å². The van der Waals surface area contributed by atoms with Crippen LogP contribution in [0.1, 0.15) is 26.2 Å². The highest BCUT2D eigenvalue weighted by Gasteiger charge is 2.24. The normalized spacial score (nSPS) is 16.6. The van der Waals surface area contributed by atoms with E-state index in [-0.39, 0.29) is 17.5 Å². The lowest BCUT2D eigenvalue weighted by atomic mass is 10.2. The summed E-state index contributed by atoms with van der Waals surface area (Å²) >= 11 is 0. The van der Waals surface area contributed by atoms with Gasteiger partial charge in [0.2, 0.25) is 0 Å². The van der Waals surface area contributed by atoms with Crippen LogP contribution in [0.2, 0.25) is 0 Å². The van der Waals surface area contributed by atoms with Gasteiger partial charge in [-0.1, -0.05) is 6.92 Å². The molecule has 3 N–H and O–H groups in total. The molecule has 1 aliphatic rings. The molecule has 0 aromatic heterocycles. The van der Waals surface area contributed by atoms with E-state index in [9.17, 15) is 9.18 Å². The summed E-state index contributed by atoms with van der Waals surface area (Å²) in [5, 5.41) is 12.8. The van der Waals surface area contributed by atoms with Crippen LogP contribution in [0.25, 0.3) is 0 Å². The van der Waals surface area contributed by atoms with Gasteiger partial charge in [-0.25, -0.2) is 4.39 Å². The second kappa shape index (κ2) is 6.83. The summed E-state index contributed by atoms with van der Waals surface area (Å²) in [6.07, 6.45) is 5.64. The highest BCUT2D eigenvalue weighted by Crippen LogP contribution is 2.18. The van der Waals surface area contributed by atoms with Gasteiger partial charge in [0.05, 0.1) is 11.9 Å². The van der Waals surface area contributed by atoms with Crippen LogP contribution < -0.4 is 10.6 Å². The van der Waals surface area contributed by atoms with Gasteiger partial charge in [0.1, 0.15) is 0 Å². The largest absolute Gasteiger partial charge is 0.386 e. The van der Waals surface area contributed by atoms with Crippen LogP contribution in [0.15, 0.2) is 23.7 Å². The third-order valence-corrected chi connectivity index (χ3v) is 2.53. The maximum atomic E-state index is 12.3. The van der Waals surface area contributed by atoms with Gasteiger partial charge in [-0.05, 0) is 24.8 Å². The molecule has 0 unspecified atom stereocenters. The average Bonchev–Trinajstić information content (AvgIpc) is 3.13. The van der Waals surface area contributed by atoms with Crippen molar-refractivity contribution in [2.45, 2.75) is 32.2 Å². The fraction of sp³-hybridized carbons (Fsp3) is 0.500. The topological polar surface area (TPSA) is 65.0 Å². The molecule has 1 rings (SSSR count). The summed E-state index contributed by atoms with van der Waals surface area (Å²) in [6, 6.07) is 0.266. The lowest BCUT2D eigenvalue weighted by Crippen LogP contribution is -2.28. The SMILES string of the molecule is CC/C(=C\F)CN/C=C(\C=N)C(=O)NC1CC1. The molecule has 0 aliphatic heterocycles. The molecular formula is C12H18FN3O. The van der Waals surface area contributed by atoms with E-state index in [1.54, 1.807) is 0 Å². The number of amides is 1. The number of carbonyl (C=O) groups is 1. The van der Waals surface area contributed by atoms with E-state index < -0.39 is 0 Å². The summed E-state index contributed by atoms with van der Waals surface area (Å²) in [5.41, 5.74) is 0.874. The average molecular weight is 239 g/mol. The van der Waals surface area contributed by atoms with Gasteiger partial charge in [-0.15, -0.1) is 0 Å². The number of halogens is 1. The van der Waals surface area contributed by atoms with Gasteiger partial charge in [0.15, 0.2) is 0 Å². The van der Waals surface area contributed by atoms with Crippen LogP contribution in [-0.4, -0.2) is 24.7 Å². The van der Waals surface area contributed by atoms with Crippen LogP contribution in [0.5, 0.6) is 0 Å². The van der Waals surface area contributed by atoms with Crippen molar-refractivity contribution >= 4 is 12.1 Å². The van der Waals surface area contributed by atoms with Gasteiger partial charge in [0.25, 0.3) is 5.91 Å². The van der Waals surface area contributed by atoms with Crippen LogP contribution in [-0.2, 0) is 4.79 Å². The smallest absolute Gasteiger partial charge is 0.254 e. The molecule has 17 heavy (non-hydrogen) atoms. The Morgan fingerprint density at radius 1 is 1.53 bits per heavy atom. The molecule has 94 valence electrons. The number of rotatable bonds is 7. The predicted molar refractivity (Wildman–Crippen MR) is 65.5 cm³/mol. The molecule has 0 bridgehead atoms. The molecule has 4 nitrogen and oxygen atoms in total. The molecule has 5 heteroatoms. The standard InChI is InChI=1S/C12H18FN3O/c1-2-9(5-13)7-15-8-10(6-14)12(17)16-11-3-4-11/h5-6,8,11,14-15H,2-4,7H2,1H3,(H,16,17)/b9-5+,10-8+,14-6?. The molecule has 0 saturated heterocycles. The van der Waals surface area contributed by atoms with E-state index in [0.29, 0.717) is 24.9 Å². The fourth-order valence-corrected chi connectivity index (χ4v) is 1.20. The van der Waals surface area contributed by atoms with Gasteiger partial charge >= 0.3 is 0 Å². The Hall–Kier alpha value is -1.65. The first-order chi connectivity index (χ1) is 8.21. The van der Waals surface area contributed by atoms with Crippen molar-refractivity contribution in [2.75, 3.05) is 6.54 Å². The van der Waals surface area contributed by atoms with Gasteiger partial charge in [0, 0.05) is 25.0 Å². The van der Waals surface area contributed by atoms with Crippen molar-refractivity contribution < 1.29 is 9.18 Å². The molecule has 0 heterocycles. The van der Waals surface area contributed by atoms with Crippen LogP contribution in [0.3, 0.4) is 0 Å². The zero-order valence-electron chi connectivity index (χ0n) is 9.92. The molecule has 1 saturated carbocycles. The van der Waals surface area contributed by atoms with Gasteiger partial charge < -0.3 is 16.0 Å². The van der Waals surface area contributed by atoms with Gasteiger partial charge in [-0.2, -0.15) is 0 Å². The Morgan fingerprint density at radius 2 is 2.24 bits per heavy atom. The van der Waals surface area contributed by atoms with E-state index in [0.717, 1.165) is 19.1 Å². The summed E-state index contributed by atoms with van der Waals surface area (Å²) in [5.74, 6) is -0.253. The molecule has 1 fully saturated rings. The molecule has 0 atom stereocenters. The third-order valence-electron chi connectivity index (χ3n) is 2.53. The Morgan fingerprint density at radius 3 is 2.71 bits per heavy atom. The monoisotopic (exact) mass is 239 g/mol. The summed E-state index contributed by atoms with van der Waals surface area (Å²) in [6.45, 7) is 2.20. The van der Waals surface area contributed by atoms with Crippen molar-refractivity contribution in [3.8, 4) is 0 Å². The molecule has 0 aromatic rings. The zero-order valence-corrected chi connectivity index (χ0v) is 9.92. The lowest BCUT2D eigenvalue weighted by Gasteiger charge is -2.05. The molecule has 0 radical (unpaired) electrons. The number of hydrogen-bond acceptors (Lipinski definition) is 3. The molecular weight excluding hydrogens is 221 g/mol. The number of carbonyl (C=O) groups excluding carboxylic acids is 1. The van der Waals surface area contributed by atoms with Crippen molar-refractivity contribution in [1.29, 1.82) is 5.41 Å². The maximum absolute atomic E-state index is 12.3. The second-order valence-corrected chi connectivity index (χ2v) is 3.99. The Labute approximate surface area is 100 Å². The van der Waals surface area contributed by atoms with E-state index in [1.165, 1.54) is 6.20 Å². The van der Waals surface area contributed by atoms with Crippen LogP contribution in [0.4, 0.5) is 4.39 Å². The van der Waals surface area contributed by atoms with Crippen molar-refractivity contribution in [3.05, 3.63) is 23.7 Å². The van der Waals surface area contributed by atoms with Crippen LogP contribution in [0, 0.1) is 5.41 Å². The summed E-state index contributed by atoms with van der Waals surface area (Å²) in [4.78, 5) is 11.6. The molecule has 1 amide bonds. The minimum Gasteiger partial charge on any atom is -0.386 e. The summed E-state index contributed by atoms with van der Waals surface area (Å²) < 4.78 is 12.3. The lowest BCUT2D eigenvalue weighted by molar-refractivity contribution is -0.117. The number of hydrogen-bond donors (Lipinski definition) is 3. The molecule has 0 aromatic carbocycles. The third kappa shape index (κ3) is 4.80. The highest BCUT2D eigenvalue weighted by atomic mass is 19.1. The van der Waals surface area contributed by atoms with Crippen molar-refractivity contribution in [3.63, 3.8) is 0 Å². The second-order valence-electron chi connectivity index (χ2n) is 3.99. The minimum atomic E-state index is -0.253. The minimum absolute atomic E-state index is 0.253. The maximum Gasteiger partial charge on any atom is 0.254 e. The Balaban J connectivity index is 2.42. The zero-order chi connectivity index (χ0) is 12.7. The van der Waals surface area contributed by atoms with E-state index in [4.69, 9.17) is 5.41 Å². The summed E-state index contributed by atoms with van der Waals surface area (Å²) in [7, 11) is 0. The van der Waals surface area contributed by atoms with Gasteiger partial charge in [-0.3, -0.25) is 4.79 Å². The first-order valence-electron chi connectivity index (χ1n) is 5.74. The van der Waals surface area contributed by atoms with E-state index >= 15 is 0 Å². The van der Waals surface area contributed by atoms with Crippen LogP contribution >= 0.6 is 0 Å². The Kier molecular flexibility index (Phi) is 5.39. The van der Waals surface area contributed by atoms with Crippen molar-refractivity contribution in [2.24, 2.45) is 0 Å². The number of nitrogens with one attached hydrogen (secondary N) is 3. The predicted octanol–water partition coefficient (Wildman–Crippen LogP) is 1.65. The molecule has 1 aliphatic carbocycles. The first-order valence-corrected chi connectivity index (χ1v) is 5.74. The molecule has 0 spiro atoms. The quantitative estimate of drug-likeness (QED) is 0.467. The first kappa shape index (κ1) is 13.4. The fourth-order valence-electron chi connectivity index (χ4n) is 1.20.